The van der Waals surface area contributed by atoms with Gasteiger partial charge in [-0.05, 0) is 38.0 Å². The number of nitro groups is 1. The lowest BCUT2D eigenvalue weighted by Gasteiger charge is -2.27. The number of rotatable bonds is 5. The van der Waals surface area contributed by atoms with Crippen LogP contribution < -0.4 is 4.74 Å². The minimum atomic E-state index is -0.416. The maximum absolute atomic E-state index is 11.2. The maximum Gasteiger partial charge on any atom is 0.353 e. The lowest BCUT2D eigenvalue weighted by molar-refractivity contribution is -0.386. The fraction of sp³-hybridized carbons (Fsp3) is 0.769. The summed E-state index contributed by atoms with van der Waals surface area (Å²) in [5.74, 6) is 0.585. The molecule has 112 valence electrons. The topological polar surface area (TPSA) is 90.4 Å². The molecule has 1 N–H and O–H groups in total. The molecule has 7 heteroatoms. The minimum Gasteiger partial charge on any atom is -0.470 e. The van der Waals surface area contributed by atoms with Crippen LogP contribution in [0.1, 0.15) is 38.3 Å². The Morgan fingerprint density at radius 1 is 1.45 bits per heavy atom. The van der Waals surface area contributed by atoms with Gasteiger partial charge in [0.2, 0.25) is 0 Å². The number of aliphatic hydroxyl groups excluding tert-OH is 1. The monoisotopic (exact) mass is 283 g/mol. The van der Waals surface area contributed by atoms with Crippen LogP contribution >= 0.6 is 0 Å². The van der Waals surface area contributed by atoms with E-state index in [4.69, 9.17) is 9.84 Å². The molecule has 1 fully saturated rings. The summed E-state index contributed by atoms with van der Waals surface area (Å²) in [5.41, 5.74) is 0.441. The average molecular weight is 283 g/mol. The van der Waals surface area contributed by atoms with Crippen LogP contribution in [0.3, 0.4) is 0 Å². The lowest BCUT2D eigenvalue weighted by atomic mass is 9.88. The number of hydrogen-bond acceptors (Lipinski definition) is 5. The predicted molar refractivity (Wildman–Crippen MR) is 72.7 cm³/mol. The van der Waals surface area contributed by atoms with Crippen molar-refractivity contribution in [3.05, 3.63) is 15.8 Å². The molecule has 1 aromatic rings. The van der Waals surface area contributed by atoms with Gasteiger partial charge in [-0.25, -0.2) is 4.68 Å². The van der Waals surface area contributed by atoms with E-state index in [0.717, 1.165) is 25.7 Å². The van der Waals surface area contributed by atoms with Crippen LogP contribution in [0.25, 0.3) is 0 Å². The van der Waals surface area contributed by atoms with Gasteiger partial charge < -0.3 is 9.84 Å². The van der Waals surface area contributed by atoms with Crippen LogP contribution in [0.4, 0.5) is 5.69 Å². The Kier molecular flexibility index (Phi) is 4.59. The number of aliphatic hydroxyl groups is 1. The summed E-state index contributed by atoms with van der Waals surface area (Å²) < 4.78 is 7.28. The number of aromatic nitrogens is 2. The summed E-state index contributed by atoms with van der Waals surface area (Å²) in [6.45, 7) is 2.05. The van der Waals surface area contributed by atoms with Crippen molar-refractivity contribution in [2.75, 3.05) is 6.61 Å². The summed E-state index contributed by atoms with van der Waals surface area (Å²) in [6, 6.07) is 0. The van der Waals surface area contributed by atoms with Gasteiger partial charge in [0.25, 0.3) is 5.88 Å². The van der Waals surface area contributed by atoms with E-state index in [0.29, 0.717) is 18.0 Å². The third-order valence-corrected chi connectivity index (χ3v) is 3.89. The van der Waals surface area contributed by atoms with E-state index in [2.05, 4.69) is 5.10 Å². The van der Waals surface area contributed by atoms with Gasteiger partial charge in [0, 0.05) is 13.7 Å². The lowest BCUT2D eigenvalue weighted by Crippen LogP contribution is -2.26. The zero-order valence-electron chi connectivity index (χ0n) is 11.9. The third-order valence-electron chi connectivity index (χ3n) is 3.89. The Balaban J connectivity index is 2.13. The molecule has 1 saturated carbocycles. The van der Waals surface area contributed by atoms with Gasteiger partial charge in [-0.3, -0.25) is 10.1 Å². The van der Waals surface area contributed by atoms with Gasteiger partial charge in [-0.1, -0.05) is 6.92 Å². The second-order valence-corrected chi connectivity index (χ2v) is 5.28. The van der Waals surface area contributed by atoms with Crippen molar-refractivity contribution in [2.24, 2.45) is 13.0 Å². The SMILES string of the molecule is CCc1nn(C)c(OC2CCC(CO)CC2)c1[N+](=O)[O-]. The Morgan fingerprint density at radius 2 is 2.10 bits per heavy atom. The van der Waals surface area contributed by atoms with Crippen molar-refractivity contribution < 1.29 is 14.8 Å². The highest BCUT2D eigenvalue weighted by atomic mass is 16.6. The van der Waals surface area contributed by atoms with Gasteiger partial charge >= 0.3 is 5.69 Å². The normalized spacial score (nSPS) is 22.8. The minimum absolute atomic E-state index is 0.0146. The molecule has 1 aromatic heterocycles. The van der Waals surface area contributed by atoms with E-state index < -0.39 is 4.92 Å². The molecular weight excluding hydrogens is 262 g/mol. The zero-order chi connectivity index (χ0) is 14.7. The highest BCUT2D eigenvalue weighted by Crippen LogP contribution is 2.34. The van der Waals surface area contributed by atoms with E-state index >= 15 is 0 Å². The number of nitrogens with zero attached hydrogens (tertiary/aromatic N) is 3. The van der Waals surface area contributed by atoms with E-state index in [1.165, 1.54) is 4.68 Å². The van der Waals surface area contributed by atoms with Gasteiger partial charge in [0.1, 0.15) is 11.8 Å². The van der Waals surface area contributed by atoms with E-state index in [1.807, 2.05) is 6.92 Å². The highest BCUT2D eigenvalue weighted by molar-refractivity contribution is 5.46. The third kappa shape index (κ3) is 2.92. The molecule has 0 aromatic carbocycles. The fourth-order valence-corrected chi connectivity index (χ4v) is 2.69. The van der Waals surface area contributed by atoms with Crippen molar-refractivity contribution in [3.63, 3.8) is 0 Å². The molecule has 20 heavy (non-hydrogen) atoms. The van der Waals surface area contributed by atoms with Crippen molar-refractivity contribution >= 4 is 5.69 Å². The first kappa shape index (κ1) is 14.8. The van der Waals surface area contributed by atoms with Gasteiger partial charge in [0.05, 0.1) is 4.92 Å². The zero-order valence-corrected chi connectivity index (χ0v) is 11.9. The molecule has 1 aliphatic carbocycles. The largest absolute Gasteiger partial charge is 0.470 e. The maximum atomic E-state index is 11.2. The van der Waals surface area contributed by atoms with E-state index in [9.17, 15) is 10.1 Å². The highest BCUT2D eigenvalue weighted by Gasteiger charge is 2.30. The van der Waals surface area contributed by atoms with Gasteiger partial charge in [-0.15, -0.1) is 0 Å². The van der Waals surface area contributed by atoms with Crippen LogP contribution in [0.5, 0.6) is 5.88 Å². The van der Waals surface area contributed by atoms with Crippen LogP contribution in [0.15, 0.2) is 0 Å². The molecule has 1 aliphatic rings. The molecule has 0 amide bonds. The van der Waals surface area contributed by atoms with Crippen molar-refractivity contribution in [1.29, 1.82) is 0 Å². The number of aryl methyl sites for hydroxylation is 2. The summed E-state index contributed by atoms with van der Waals surface area (Å²) in [7, 11) is 1.67. The van der Waals surface area contributed by atoms with Crippen LogP contribution in [-0.4, -0.2) is 32.5 Å². The number of ether oxygens (including phenoxy) is 1. The van der Waals surface area contributed by atoms with Gasteiger partial charge in [0.15, 0.2) is 0 Å². The molecule has 1 heterocycles. The van der Waals surface area contributed by atoms with Crippen molar-refractivity contribution in [1.82, 2.24) is 9.78 Å². The summed E-state index contributed by atoms with van der Waals surface area (Å²) >= 11 is 0. The van der Waals surface area contributed by atoms with Crippen molar-refractivity contribution in [3.8, 4) is 5.88 Å². The first-order valence-electron chi connectivity index (χ1n) is 7.04. The van der Waals surface area contributed by atoms with Crippen LogP contribution in [0, 0.1) is 16.0 Å². The molecule has 0 unspecified atom stereocenters. The Hall–Kier alpha value is -1.63. The predicted octanol–water partition coefficient (Wildman–Crippen LogP) is 1.82. The Labute approximate surface area is 117 Å². The first-order chi connectivity index (χ1) is 9.56. The molecule has 7 nitrogen and oxygen atoms in total. The second-order valence-electron chi connectivity index (χ2n) is 5.28. The molecule has 0 atom stereocenters. The Bertz CT molecular complexity index is 478. The van der Waals surface area contributed by atoms with Crippen LogP contribution in [0.2, 0.25) is 0 Å². The van der Waals surface area contributed by atoms with E-state index in [-0.39, 0.29) is 24.3 Å². The van der Waals surface area contributed by atoms with E-state index in [1.54, 1.807) is 7.05 Å². The molecule has 0 radical (unpaired) electrons. The second kappa shape index (κ2) is 6.21. The smallest absolute Gasteiger partial charge is 0.353 e. The molecule has 0 spiro atoms. The standard InChI is InChI=1S/C13H21N3O4/c1-3-11-12(16(18)19)13(15(2)14-11)20-10-6-4-9(8-17)5-7-10/h9-10,17H,3-8H2,1-2H3. The molecule has 0 saturated heterocycles. The summed E-state index contributed by atoms with van der Waals surface area (Å²) in [5, 5.41) is 24.5. The molecule has 0 bridgehead atoms. The summed E-state index contributed by atoms with van der Waals surface area (Å²) in [4.78, 5) is 10.8. The fourth-order valence-electron chi connectivity index (χ4n) is 2.69. The average Bonchev–Trinajstić information content (AvgIpc) is 2.76. The van der Waals surface area contributed by atoms with Gasteiger partial charge in [-0.2, -0.15) is 5.10 Å². The summed E-state index contributed by atoms with van der Waals surface area (Å²) in [6.07, 6.45) is 3.90. The first-order valence-corrected chi connectivity index (χ1v) is 7.04. The van der Waals surface area contributed by atoms with Crippen LogP contribution in [-0.2, 0) is 13.5 Å². The molecule has 2 rings (SSSR count). The molecular formula is C13H21N3O4. The Morgan fingerprint density at radius 3 is 2.60 bits per heavy atom. The van der Waals surface area contributed by atoms with Crippen molar-refractivity contribution in [2.45, 2.75) is 45.1 Å². The number of hydrogen-bond donors (Lipinski definition) is 1. The quantitative estimate of drug-likeness (QED) is 0.657. The molecule has 0 aliphatic heterocycles.